The van der Waals surface area contributed by atoms with Gasteiger partial charge in [0.1, 0.15) is 6.54 Å². The molecule has 2 fully saturated rings. The zero-order valence-corrected chi connectivity index (χ0v) is 17.6. The topological polar surface area (TPSA) is 104 Å². The molecule has 2 atom stereocenters. The first-order valence-corrected chi connectivity index (χ1v) is 11.5. The zero-order chi connectivity index (χ0) is 21.2. The summed E-state index contributed by atoms with van der Waals surface area (Å²) in [5, 5.41) is 2.63. The van der Waals surface area contributed by atoms with Crippen LogP contribution >= 0.6 is 0 Å². The van der Waals surface area contributed by atoms with Gasteiger partial charge in [0, 0.05) is 18.8 Å². The molecule has 158 valence electrons. The molecule has 1 N–H and O–H groups in total. The summed E-state index contributed by atoms with van der Waals surface area (Å²) in [6.07, 6.45) is 3.28. The van der Waals surface area contributed by atoms with Crippen LogP contribution in [-0.2, 0) is 24.4 Å². The predicted molar refractivity (Wildman–Crippen MR) is 107 cm³/mol. The Hall–Kier alpha value is -2.26. The largest absolute Gasteiger partial charge is 0.325 e. The molecule has 0 radical (unpaired) electrons. The summed E-state index contributed by atoms with van der Waals surface area (Å²) in [6.45, 7) is 3.97. The van der Waals surface area contributed by atoms with E-state index in [0.717, 1.165) is 17.7 Å². The van der Waals surface area contributed by atoms with Crippen LogP contribution in [0.1, 0.15) is 39.5 Å². The number of fused-ring (bicyclic) bond motifs is 1. The lowest BCUT2D eigenvalue weighted by Crippen LogP contribution is -2.38. The highest BCUT2D eigenvalue weighted by Crippen LogP contribution is 2.37. The third kappa shape index (κ3) is 4.20. The highest BCUT2D eigenvalue weighted by molar-refractivity contribution is 7.89. The molecule has 0 bridgehead atoms. The molecule has 1 saturated carbocycles. The summed E-state index contributed by atoms with van der Waals surface area (Å²) < 4.78 is 26.4. The number of likely N-dealkylation sites (tertiary alicyclic amines) is 1. The average Bonchev–Trinajstić information content (AvgIpc) is 2.94. The van der Waals surface area contributed by atoms with Crippen LogP contribution in [0.5, 0.6) is 0 Å². The van der Waals surface area contributed by atoms with E-state index < -0.39 is 15.9 Å². The van der Waals surface area contributed by atoms with Crippen LogP contribution < -0.4 is 5.32 Å². The molecule has 3 amide bonds. The van der Waals surface area contributed by atoms with Crippen LogP contribution in [0.4, 0.5) is 5.69 Å². The number of amides is 3. The molecule has 1 aliphatic heterocycles. The number of hydrogen-bond donors (Lipinski definition) is 1. The van der Waals surface area contributed by atoms with E-state index in [4.69, 9.17) is 0 Å². The Morgan fingerprint density at radius 3 is 2.03 bits per heavy atom. The molecule has 9 heteroatoms. The van der Waals surface area contributed by atoms with Crippen LogP contribution in [0.15, 0.2) is 29.2 Å². The van der Waals surface area contributed by atoms with Crippen molar-refractivity contribution in [3.8, 4) is 0 Å². The molecule has 3 rings (SSSR count). The molecule has 0 spiro atoms. The van der Waals surface area contributed by atoms with Crippen LogP contribution in [0.25, 0.3) is 0 Å². The summed E-state index contributed by atoms with van der Waals surface area (Å²) in [5.41, 5.74) is 0.407. The molecular weight excluding hydrogens is 394 g/mol. The first-order chi connectivity index (χ1) is 13.8. The van der Waals surface area contributed by atoms with Gasteiger partial charge in [0.15, 0.2) is 0 Å². The van der Waals surface area contributed by atoms with Crippen LogP contribution in [-0.4, -0.2) is 55.0 Å². The quantitative estimate of drug-likeness (QED) is 0.677. The van der Waals surface area contributed by atoms with E-state index in [0.29, 0.717) is 31.6 Å². The molecule has 29 heavy (non-hydrogen) atoms. The number of sulfonamides is 1. The molecule has 1 aromatic rings. The number of nitrogens with one attached hydrogen (secondary N) is 1. The second-order valence-corrected chi connectivity index (χ2v) is 9.36. The maximum atomic E-state index is 12.5. The van der Waals surface area contributed by atoms with E-state index in [-0.39, 0.29) is 35.1 Å². The lowest BCUT2D eigenvalue weighted by Gasteiger charge is -2.19. The van der Waals surface area contributed by atoms with E-state index in [2.05, 4.69) is 5.32 Å². The number of hydrogen-bond acceptors (Lipinski definition) is 5. The first-order valence-electron chi connectivity index (χ1n) is 10.0. The fourth-order valence-electron chi connectivity index (χ4n) is 4.15. The number of anilines is 1. The lowest BCUT2D eigenvalue weighted by molar-refractivity contribution is -0.142. The summed E-state index contributed by atoms with van der Waals surface area (Å²) in [7, 11) is -3.57. The second kappa shape index (κ2) is 8.62. The van der Waals surface area contributed by atoms with Gasteiger partial charge in [-0.15, -0.1) is 0 Å². The van der Waals surface area contributed by atoms with Crippen molar-refractivity contribution in [3.63, 3.8) is 0 Å². The van der Waals surface area contributed by atoms with Crippen molar-refractivity contribution in [2.24, 2.45) is 11.8 Å². The monoisotopic (exact) mass is 421 g/mol. The van der Waals surface area contributed by atoms with Crippen molar-refractivity contribution in [2.75, 3.05) is 25.0 Å². The highest BCUT2D eigenvalue weighted by Gasteiger charge is 2.48. The van der Waals surface area contributed by atoms with Crippen molar-refractivity contribution < 1.29 is 22.8 Å². The Bertz CT molecular complexity index is 869. The van der Waals surface area contributed by atoms with E-state index in [1.165, 1.54) is 28.6 Å². The van der Waals surface area contributed by atoms with Crippen molar-refractivity contribution in [2.45, 2.75) is 44.4 Å². The molecule has 1 saturated heterocycles. The van der Waals surface area contributed by atoms with Gasteiger partial charge in [-0.25, -0.2) is 8.42 Å². The molecule has 1 heterocycles. The van der Waals surface area contributed by atoms with Crippen LogP contribution in [0, 0.1) is 11.8 Å². The summed E-state index contributed by atoms with van der Waals surface area (Å²) in [5.74, 6) is -1.56. The minimum absolute atomic E-state index is 0.146. The predicted octanol–water partition coefficient (Wildman–Crippen LogP) is 1.83. The Balaban J connectivity index is 1.64. The minimum Gasteiger partial charge on any atom is -0.325 e. The van der Waals surface area contributed by atoms with Gasteiger partial charge < -0.3 is 5.32 Å². The fraction of sp³-hybridized carbons (Fsp3) is 0.550. The number of carbonyl (C=O) groups is 3. The standard InChI is InChI=1S/C20H27N3O5S/c1-3-22(4-2)29(27,28)15-11-9-14(10-12-15)21-18(24)13-23-19(25)16-7-5-6-8-17(16)20(23)26/h9-12,16-17H,3-8,13H2,1-2H3,(H,21,24)/t16-,17+. The van der Waals surface area contributed by atoms with Gasteiger partial charge >= 0.3 is 0 Å². The highest BCUT2D eigenvalue weighted by atomic mass is 32.2. The lowest BCUT2D eigenvalue weighted by atomic mass is 9.81. The third-order valence-electron chi connectivity index (χ3n) is 5.72. The van der Waals surface area contributed by atoms with Gasteiger partial charge in [-0.05, 0) is 37.1 Å². The van der Waals surface area contributed by atoms with Gasteiger partial charge in [0.2, 0.25) is 27.7 Å². The van der Waals surface area contributed by atoms with Crippen LogP contribution in [0.2, 0.25) is 0 Å². The molecule has 0 aromatic heterocycles. The molecule has 0 unspecified atom stereocenters. The Kier molecular flexibility index (Phi) is 6.38. The summed E-state index contributed by atoms with van der Waals surface area (Å²) >= 11 is 0. The number of carbonyl (C=O) groups excluding carboxylic acids is 3. The molecule has 1 aromatic carbocycles. The SMILES string of the molecule is CCN(CC)S(=O)(=O)c1ccc(NC(=O)CN2C(=O)[C@H]3CCCC[C@H]3C2=O)cc1. The maximum Gasteiger partial charge on any atom is 0.244 e. The van der Waals surface area contributed by atoms with E-state index >= 15 is 0 Å². The van der Waals surface area contributed by atoms with Crippen LogP contribution in [0.3, 0.4) is 0 Å². The Morgan fingerprint density at radius 2 is 1.55 bits per heavy atom. The van der Waals surface area contributed by atoms with Gasteiger partial charge in [0.05, 0.1) is 16.7 Å². The number of rotatable bonds is 7. The third-order valence-corrected chi connectivity index (χ3v) is 7.78. The van der Waals surface area contributed by atoms with Crippen molar-refractivity contribution >= 4 is 33.4 Å². The Morgan fingerprint density at radius 1 is 1.03 bits per heavy atom. The summed E-state index contributed by atoms with van der Waals surface area (Å²) in [6, 6.07) is 5.87. The van der Waals surface area contributed by atoms with Gasteiger partial charge in [-0.1, -0.05) is 26.7 Å². The smallest absolute Gasteiger partial charge is 0.244 e. The number of imide groups is 1. The van der Waals surface area contributed by atoms with E-state index in [1.54, 1.807) is 13.8 Å². The average molecular weight is 422 g/mol. The van der Waals surface area contributed by atoms with Crippen molar-refractivity contribution in [1.29, 1.82) is 0 Å². The number of nitrogens with zero attached hydrogens (tertiary/aromatic N) is 2. The molecule has 1 aliphatic carbocycles. The molecule has 2 aliphatic rings. The van der Waals surface area contributed by atoms with Gasteiger partial charge in [0.25, 0.3) is 0 Å². The molecular formula is C20H27N3O5S. The summed E-state index contributed by atoms with van der Waals surface area (Å²) in [4.78, 5) is 38.5. The number of benzene rings is 1. The fourth-order valence-corrected chi connectivity index (χ4v) is 5.61. The van der Waals surface area contributed by atoms with Crippen molar-refractivity contribution in [1.82, 2.24) is 9.21 Å². The Labute approximate surface area is 171 Å². The first kappa shape index (κ1) is 21.4. The zero-order valence-electron chi connectivity index (χ0n) is 16.8. The molecule has 8 nitrogen and oxygen atoms in total. The van der Waals surface area contributed by atoms with Crippen molar-refractivity contribution in [3.05, 3.63) is 24.3 Å². The minimum atomic E-state index is -3.57. The van der Waals surface area contributed by atoms with Gasteiger partial charge in [-0.3, -0.25) is 19.3 Å². The maximum absolute atomic E-state index is 12.5. The van der Waals surface area contributed by atoms with Gasteiger partial charge in [-0.2, -0.15) is 4.31 Å². The second-order valence-electron chi connectivity index (χ2n) is 7.42. The normalized spacial score (nSPS) is 22.1. The van der Waals surface area contributed by atoms with E-state index in [1.807, 2.05) is 0 Å². The van der Waals surface area contributed by atoms with E-state index in [9.17, 15) is 22.8 Å².